The second-order valence-corrected chi connectivity index (χ2v) is 3.57. The summed E-state index contributed by atoms with van der Waals surface area (Å²) < 4.78 is 0. The number of nitrogens with zero attached hydrogens (tertiary/aromatic N) is 1. The first-order valence-electron chi connectivity index (χ1n) is 3.98. The van der Waals surface area contributed by atoms with E-state index in [2.05, 4.69) is 11.9 Å². The normalized spacial score (nSPS) is 13.3. The lowest BCUT2D eigenvalue weighted by Crippen LogP contribution is -2.07. The molecule has 0 spiro atoms. The van der Waals surface area contributed by atoms with E-state index in [9.17, 15) is 0 Å². The molecule has 0 aromatic carbocycles. The third-order valence-corrected chi connectivity index (χ3v) is 2.59. The summed E-state index contributed by atoms with van der Waals surface area (Å²) in [7, 11) is 0. The maximum Gasteiger partial charge on any atom is 0.0794 e. The summed E-state index contributed by atoms with van der Waals surface area (Å²) in [5.41, 5.74) is 7.73. The highest BCUT2D eigenvalue weighted by molar-refractivity contribution is 7.09. The zero-order chi connectivity index (χ0) is 8.10. The van der Waals surface area contributed by atoms with Crippen molar-refractivity contribution in [1.29, 1.82) is 0 Å². The van der Waals surface area contributed by atoms with E-state index in [1.807, 2.05) is 11.7 Å². The summed E-state index contributed by atoms with van der Waals surface area (Å²) >= 11 is 1.65. The highest BCUT2D eigenvalue weighted by Crippen LogP contribution is 2.19. The Bertz CT molecular complexity index is 184. The van der Waals surface area contributed by atoms with Gasteiger partial charge in [0, 0.05) is 17.1 Å². The number of aromatic nitrogens is 1. The Morgan fingerprint density at radius 2 is 2.55 bits per heavy atom. The number of nitrogens with two attached hydrogens (primary N) is 1. The second-order valence-electron chi connectivity index (χ2n) is 2.65. The number of rotatable bonds is 4. The predicted molar refractivity (Wildman–Crippen MR) is 48.6 cm³/mol. The van der Waals surface area contributed by atoms with E-state index in [0.29, 0.717) is 0 Å². The van der Waals surface area contributed by atoms with Crippen LogP contribution in [0.4, 0.5) is 0 Å². The Morgan fingerprint density at radius 1 is 1.73 bits per heavy atom. The van der Waals surface area contributed by atoms with Crippen LogP contribution in [0.25, 0.3) is 0 Å². The Hall–Kier alpha value is -0.410. The molecule has 1 atom stereocenters. The molecular formula is C8H14N2S. The third-order valence-electron chi connectivity index (χ3n) is 1.69. The van der Waals surface area contributed by atoms with Crippen molar-refractivity contribution in [2.75, 3.05) is 0 Å². The molecule has 1 rings (SSSR count). The fourth-order valence-electron chi connectivity index (χ4n) is 0.975. The van der Waals surface area contributed by atoms with E-state index in [1.54, 1.807) is 11.3 Å². The Balaban J connectivity index is 2.36. The minimum atomic E-state index is 0.211. The van der Waals surface area contributed by atoms with Gasteiger partial charge in [0.25, 0.3) is 0 Å². The van der Waals surface area contributed by atoms with Gasteiger partial charge in [-0.2, -0.15) is 0 Å². The number of hydrogen-bond acceptors (Lipinski definition) is 3. The van der Waals surface area contributed by atoms with Gasteiger partial charge in [-0.15, -0.1) is 11.3 Å². The van der Waals surface area contributed by atoms with Gasteiger partial charge in [-0.3, -0.25) is 4.98 Å². The molecule has 1 heterocycles. The molecule has 0 aliphatic rings. The monoisotopic (exact) mass is 170 g/mol. The minimum Gasteiger partial charge on any atom is -0.323 e. The third kappa shape index (κ3) is 2.60. The predicted octanol–water partition coefficient (Wildman–Crippen LogP) is 2.33. The molecule has 1 aromatic heterocycles. The van der Waals surface area contributed by atoms with E-state index >= 15 is 0 Å². The average molecular weight is 170 g/mol. The molecule has 62 valence electrons. The molecule has 0 saturated carbocycles. The van der Waals surface area contributed by atoms with Crippen molar-refractivity contribution in [3.63, 3.8) is 0 Å². The summed E-state index contributed by atoms with van der Waals surface area (Å²) in [6, 6.07) is 0.211. The number of unbranched alkanes of at least 4 members (excludes halogenated alkanes) is 1. The molecule has 3 heteroatoms. The molecule has 0 aliphatic carbocycles. The molecule has 1 aromatic rings. The van der Waals surface area contributed by atoms with Gasteiger partial charge < -0.3 is 5.73 Å². The molecule has 2 N–H and O–H groups in total. The average Bonchev–Trinajstić information content (AvgIpc) is 2.52. The maximum absolute atomic E-state index is 5.90. The van der Waals surface area contributed by atoms with Crippen LogP contribution in [0.3, 0.4) is 0 Å². The largest absolute Gasteiger partial charge is 0.323 e. The van der Waals surface area contributed by atoms with Gasteiger partial charge in [0.2, 0.25) is 0 Å². The van der Waals surface area contributed by atoms with Gasteiger partial charge in [-0.25, -0.2) is 0 Å². The van der Waals surface area contributed by atoms with Crippen LogP contribution >= 0.6 is 11.3 Å². The van der Waals surface area contributed by atoms with E-state index in [4.69, 9.17) is 5.73 Å². The van der Waals surface area contributed by atoms with Gasteiger partial charge in [0.1, 0.15) is 0 Å². The van der Waals surface area contributed by atoms with Crippen LogP contribution in [0.1, 0.15) is 37.1 Å². The summed E-state index contributed by atoms with van der Waals surface area (Å²) in [6.07, 6.45) is 5.37. The first kappa shape index (κ1) is 8.68. The molecule has 0 fully saturated rings. The molecule has 0 bridgehead atoms. The maximum atomic E-state index is 5.90. The van der Waals surface area contributed by atoms with E-state index < -0.39 is 0 Å². The van der Waals surface area contributed by atoms with Crippen LogP contribution < -0.4 is 5.73 Å². The van der Waals surface area contributed by atoms with Crippen molar-refractivity contribution >= 4 is 11.3 Å². The summed E-state index contributed by atoms with van der Waals surface area (Å²) in [5, 5.41) is 0. The Morgan fingerprint density at radius 3 is 3.09 bits per heavy atom. The lowest BCUT2D eigenvalue weighted by Gasteiger charge is -2.06. The molecule has 11 heavy (non-hydrogen) atoms. The van der Waals surface area contributed by atoms with Crippen molar-refractivity contribution < 1.29 is 0 Å². The Labute approximate surface area is 71.5 Å². The summed E-state index contributed by atoms with van der Waals surface area (Å²) in [5.74, 6) is 0. The quantitative estimate of drug-likeness (QED) is 0.753. The fourth-order valence-corrected chi connectivity index (χ4v) is 1.63. The molecule has 0 amide bonds. The lowest BCUT2D eigenvalue weighted by atomic mass is 10.1. The van der Waals surface area contributed by atoms with Crippen molar-refractivity contribution in [3.05, 3.63) is 16.6 Å². The first-order valence-corrected chi connectivity index (χ1v) is 4.86. The topological polar surface area (TPSA) is 38.9 Å². The van der Waals surface area contributed by atoms with Crippen molar-refractivity contribution in [2.45, 2.75) is 32.2 Å². The standard InChI is InChI=1S/C8H14N2S/c1-2-3-4-7(9)8-5-10-6-11-8/h5-7H,2-4,9H2,1H3. The second kappa shape index (κ2) is 4.46. The summed E-state index contributed by atoms with van der Waals surface area (Å²) in [6.45, 7) is 2.18. The van der Waals surface area contributed by atoms with Crippen LogP contribution in [-0.4, -0.2) is 4.98 Å². The van der Waals surface area contributed by atoms with E-state index in [-0.39, 0.29) is 6.04 Å². The van der Waals surface area contributed by atoms with E-state index in [1.165, 1.54) is 17.7 Å². The van der Waals surface area contributed by atoms with Gasteiger partial charge in [0.15, 0.2) is 0 Å². The fraction of sp³-hybridized carbons (Fsp3) is 0.625. The van der Waals surface area contributed by atoms with Crippen LogP contribution in [0.15, 0.2) is 11.7 Å². The van der Waals surface area contributed by atoms with Crippen LogP contribution in [0, 0.1) is 0 Å². The highest BCUT2D eigenvalue weighted by Gasteiger charge is 2.05. The molecule has 0 saturated heterocycles. The minimum absolute atomic E-state index is 0.211. The molecule has 0 aliphatic heterocycles. The van der Waals surface area contributed by atoms with Gasteiger partial charge in [0.05, 0.1) is 5.51 Å². The zero-order valence-corrected chi connectivity index (χ0v) is 7.60. The summed E-state index contributed by atoms with van der Waals surface area (Å²) in [4.78, 5) is 5.20. The molecule has 1 unspecified atom stereocenters. The van der Waals surface area contributed by atoms with Crippen LogP contribution in [0.5, 0.6) is 0 Å². The van der Waals surface area contributed by atoms with Gasteiger partial charge in [-0.1, -0.05) is 19.8 Å². The van der Waals surface area contributed by atoms with Crippen molar-refractivity contribution in [2.24, 2.45) is 5.73 Å². The van der Waals surface area contributed by atoms with Gasteiger partial charge in [-0.05, 0) is 6.42 Å². The van der Waals surface area contributed by atoms with Gasteiger partial charge >= 0.3 is 0 Å². The number of hydrogen-bond donors (Lipinski definition) is 1. The van der Waals surface area contributed by atoms with Crippen LogP contribution in [-0.2, 0) is 0 Å². The van der Waals surface area contributed by atoms with Crippen molar-refractivity contribution in [3.8, 4) is 0 Å². The molecule has 0 radical (unpaired) electrons. The van der Waals surface area contributed by atoms with E-state index in [0.717, 1.165) is 6.42 Å². The smallest absolute Gasteiger partial charge is 0.0794 e. The zero-order valence-electron chi connectivity index (χ0n) is 6.79. The van der Waals surface area contributed by atoms with Crippen molar-refractivity contribution in [1.82, 2.24) is 4.98 Å². The Kier molecular flexibility index (Phi) is 3.52. The first-order chi connectivity index (χ1) is 5.34. The highest BCUT2D eigenvalue weighted by atomic mass is 32.1. The molecular weight excluding hydrogens is 156 g/mol. The van der Waals surface area contributed by atoms with Crippen LogP contribution in [0.2, 0.25) is 0 Å². The SMILES string of the molecule is CCCCC(N)c1cncs1. The lowest BCUT2D eigenvalue weighted by molar-refractivity contribution is 0.610. The number of thiazole rings is 1. The molecule has 2 nitrogen and oxygen atoms in total.